The van der Waals surface area contributed by atoms with E-state index >= 15 is 0 Å². The van der Waals surface area contributed by atoms with Crippen molar-refractivity contribution < 1.29 is 0 Å². The summed E-state index contributed by atoms with van der Waals surface area (Å²) in [5, 5.41) is 0. The Labute approximate surface area is 88.4 Å². The molecule has 1 heteroatoms. The highest BCUT2D eigenvalue weighted by Crippen LogP contribution is 2.57. The summed E-state index contributed by atoms with van der Waals surface area (Å²) < 4.78 is 0. The third-order valence-electron chi connectivity index (χ3n) is 5.16. The Morgan fingerprint density at radius 1 is 1.43 bits per heavy atom. The summed E-state index contributed by atoms with van der Waals surface area (Å²) in [6.45, 7) is 7.13. The average Bonchev–Trinajstić information content (AvgIpc) is 2.71. The zero-order valence-corrected chi connectivity index (χ0v) is 9.92. The van der Waals surface area contributed by atoms with Gasteiger partial charge in [-0.05, 0) is 48.9 Å². The smallest absolute Gasteiger partial charge is 0.0124 e. The Morgan fingerprint density at radius 3 is 2.64 bits per heavy atom. The highest BCUT2D eigenvalue weighted by molar-refractivity contribution is 5.06. The van der Waals surface area contributed by atoms with Crippen molar-refractivity contribution in [2.24, 2.45) is 28.9 Å². The molecule has 2 aliphatic rings. The summed E-state index contributed by atoms with van der Waals surface area (Å²) in [7, 11) is 0. The number of hydrogen-bond acceptors (Lipinski definition) is 1. The first-order valence-corrected chi connectivity index (χ1v) is 6.33. The van der Waals surface area contributed by atoms with E-state index in [1.165, 1.54) is 32.1 Å². The molecule has 0 aromatic rings. The fraction of sp³-hybridized carbons (Fsp3) is 1.00. The average molecular weight is 195 g/mol. The van der Waals surface area contributed by atoms with Gasteiger partial charge in [0.25, 0.3) is 0 Å². The second-order valence-corrected chi connectivity index (χ2v) is 6.02. The molecule has 0 saturated heterocycles. The van der Waals surface area contributed by atoms with Crippen LogP contribution >= 0.6 is 0 Å². The molecule has 0 aromatic heterocycles. The quantitative estimate of drug-likeness (QED) is 0.735. The lowest BCUT2D eigenvalue weighted by Crippen LogP contribution is -2.45. The van der Waals surface area contributed by atoms with Crippen LogP contribution in [0.25, 0.3) is 0 Å². The van der Waals surface area contributed by atoms with E-state index in [9.17, 15) is 0 Å². The molecule has 2 aliphatic carbocycles. The fourth-order valence-corrected chi connectivity index (χ4v) is 3.95. The van der Waals surface area contributed by atoms with Crippen LogP contribution in [0.3, 0.4) is 0 Å². The molecule has 0 spiro atoms. The van der Waals surface area contributed by atoms with Crippen LogP contribution in [-0.4, -0.2) is 6.04 Å². The number of hydrogen-bond donors (Lipinski definition) is 1. The van der Waals surface area contributed by atoms with Gasteiger partial charge in [0.1, 0.15) is 0 Å². The van der Waals surface area contributed by atoms with E-state index < -0.39 is 0 Å². The minimum Gasteiger partial charge on any atom is -0.327 e. The predicted octanol–water partition coefficient (Wildman–Crippen LogP) is 3.19. The molecule has 0 aliphatic heterocycles. The van der Waals surface area contributed by atoms with Crippen molar-refractivity contribution in [1.82, 2.24) is 0 Å². The van der Waals surface area contributed by atoms with Crippen LogP contribution < -0.4 is 5.73 Å². The molecule has 2 saturated carbocycles. The molecule has 2 N–H and O–H groups in total. The van der Waals surface area contributed by atoms with E-state index in [2.05, 4.69) is 20.8 Å². The van der Waals surface area contributed by atoms with Crippen LogP contribution in [0.5, 0.6) is 0 Å². The van der Waals surface area contributed by atoms with E-state index in [1.807, 2.05) is 0 Å². The molecule has 1 nitrogen and oxygen atoms in total. The first-order valence-electron chi connectivity index (χ1n) is 6.33. The van der Waals surface area contributed by atoms with E-state index in [4.69, 9.17) is 5.73 Å². The van der Waals surface area contributed by atoms with Crippen LogP contribution in [-0.2, 0) is 0 Å². The Balaban J connectivity index is 2.07. The predicted molar refractivity (Wildman–Crippen MR) is 61.0 cm³/mol. The van der Waals surface area contributed by atoms with Crippen molar-refractivity contribution in [3.63, 3.8) is 0 Å². The number of fused-ring (bicyclic) bond motifs is 2. The maximum atomic E-state index is 6.40. The van der Waals surface area contributed by atoms with Gasteiger partial charge in [0.15, 0.2) is 0 Å². The first kappa shape index (κ1) is 10.5. The minimum absolute atomic E-state index is 0.471. The molecule has 14 heavy (non-hydrogen) atoms. The minimum atomic E-state index is 0.471. The summed E-state index contributed by atoms with van der Waals surface area (Å²) in [5.41, 5.74) is 6.87. The van der Waals surface area contributed by atoms with E-state index in [0.717, 1.165) is 17.8 Å². The van der Waals surface area contributed by atoms with E-state index in [1.54, 1.807) is 0 Å². The van der Waals surface area contributed by atoms with Crippen LogP contribution in [0.1, 0.15) is 52.9 Å². The molecular weight excluding hydrogens is 170 g/mol. The Kier molecular flexibility index (Phi) is 2.63. The second-order valence-electron chi connectivity index (χ2n) is 6.02. The van der Waals surface area contributed by atoms with Crippen molar-refractivity contribution in [3.05, 3.63) is 0 Å². The molecule has 0 radical (unpaired) electrons. The van der Waals surface area contributed by atoms with Crippen LogP contribution in [0.2, 0.25) is 0 Å². The standard InChI is InChI=1S/C13H25N/c1-4-9(2)8-13(3)11-6-5-10(7-11)12(13)14/h9-12H,4-8,14H2,1-3H3/t9-,10-,11+,12-,13-/m0/s1. The summed E-state index contributed by atoms with van der Waals surface area (Å²) >= 11 is 0. The monoisotopic (exact) mass is 195 g/mol. The van der Waals surface area contributed by atoms with Gasteiger partial charge in [-0.2, -0.15) is 0 Å². The normalized spacial score (nSPS) is 48.4. The molecule has 0 heterocycles. The lowest BCUT2D eigenvalue weighted by molar-refractivity contribution is 0.118. The summed E-state index contributed by atoms with van der Waals surface area (Å²) in [6, 6.07) is 0.496. The van der Waals surface area contributed by atoms with Crippen molar-refractivity contribution >= 4 is 0 Å². The van der Waals surface area contributed by atoms with Gasteiger partial charge in [-0.25, -0.2) is 0 Å². The molecule has 2 rings (SSSR count). The third-order valence-corrected chi connectivity index (χ3v) is 5.16. The van der Waals surface area contributed by atoms with E-state index in [-0.39, 0.29) is 0 Å². The Hall–Kier alpha value is -0.0400. The SMILES string of the molecule is CC[C@H](C)C[C@@]1(C)[C@@H]2CC[C@@H](C2)[C@@H]1N. The van der Waals surface area contributed by atoms with Gasteiger partial charge in [0, 0.05) is 6.04 Å². The first-order chi connectivity index (χ1) is 6.58. The van der Waals surface area contributed by atoms with Crippen molar-refractivity contribution in [2.75, 3.05) is 0 Å². The highest BCUT2D eigenvalue weighted by atomic mass is 14.8. The molecule has 2 bridgehead atoms. The topological polar surface area (TPSA) is 26.0 Å². The summed E-state index contributed by atoms with van der Waals surface area (Å²) in [6.07, 6.45) is 6.94. The van der Waals surface area contributed by atoms with E-state index in [0.29, 0.717) is 11.5 Å². The lowest BCUT2D eigenvalue weighted by Gasteiger charge is -2.41. The fourth-order valence-electron chi connectivity index (χ4n) is 3.95. The zero-order chi connectivity index (χ0) is 10.3. The number of rotatable bonds is 3. The van der Waals surface area contributed by atoms with Crippen molar-refractivity contribution in [3.8, 4) is 0 Å². The number of nitrogens with two attached hydrogens (primary N) is 1. The van der Waals surface area contributed by atoms with Crippen molar-refractivity contribution in [2.45, 2.75) is 58.9 Å². The van der Waals surface area contributed by atoms with Gasteiger partial charge in [0.2, 0.25) is 0 Å². The highest BCUT2D eigenvalue weighted by Gasteiger charge is 2.53. The van der Waals surface area contributed by atoms with Crippen molar-refractivity contribution in [1.29, 1.82) is 0 Å². The lowest BCUT2D eigenvalue weighted by atomic mass is 9.67. The largest absolute Gasteiger partial charge is 0.327 e. The second kappa shape index (κ2) is 3.52. The zero-order valence-electron chi connectivity index (χ0n) is 9.92. The van der Waals surface area contributed by atoms with Crippen LogP contribution in [0.15, 0.2) is 0 Å². The summed E-state index contributed by atoms with van der Waals surface area (Å²) in [5.74, 6) is 2.65. The van der Waals surface area contributed by atoms with Gasteiger partial charge in [-0.1, -0.05) is 27.2 Å². The Bertz CT molecular complexity index is 209. The van der Waals surface area contributed by atoms with Gasteiger partial charge in [-0.15, -0.1) is 0 Å². The van der Waals surface area contributed by atoms with Gasteiger partial charge < -0.3 is 5.73 Å². The summed E-state index contributed by atoms with van der Waals surface area (Å²) in [4.78, 5) is 0. The van der Waals surface area contributed by atoms with Crippen LogP contribution in [0, 0.1) is 23.2 Å². The molecule has 5 atom stereocenters. The maximum Gasteiger partial charge on any atom is 0.0124 e. The molecule has 0 aromatic carbocycles. The molecular formula is C13H25N. The molecule has 0 unspecified atom stereocenters. The molecule has 82 valence electrons. The third kappa shape index (κ3) is 1.41. The maximum absolute atomic E-state index is 6.40. The van der Waals surface area contributed by atoms with Gasteiger partial charge >= 0.3 is 0 Å². The van der Waals surface area contributed by atoms with Crippen LogP contribution in [0.4, 0.5) is 0 Å². The molecule has 0 amide bonds. The Morgan fingerprint density at radius 2 is 2.14 bits per heavy atom. The molecule has 2 fully saturated rings. The van der Waals surface area contributed by atoms with Gasteiger partial charge in [0.05, 0.1) is 0 Å². The van der Waals surface area contributed by atoms with Gasteiger partial charge in [-0.3, -0.25) is 0 Å².